The second-order valence-corrected chi connectivity index (χ2v) is 8.98. The van der Waals surface area contributed by atoms with Gasteiger partial charge in [0.25, 0.3) is 0 Å². The standard InChI is InChI=1S/C21H23N3O2S/c1-14(2)15(3)24-13-20(17-7-5-16(12-22)6-8-17)19-10-9-18(11-21(19)24)23-27(4,25)26/h5-11,13-15,23H,1-4H3/t15-/m0/s1. The topological polar surface area (TPSA) is 74.9 Å². The summed E-state index contributed by atoms with van der Waals surface area (Å²) in [5, 5.41) is 10.1. The number of sulfonamides is 1. The first kappa shape index (κ1) is 19.0. The number of hydrogen-bond donors (Lipinski definition) is 1. The lowest BCUT2D eigenvalue weighted by Crippen LogP contribution is -2.11. The van der Waals surface area contributed by atoms with Crippen molar-refractivity contribution in [2.45, 2.75) is 26.8 Å². The molecule has 0 bridgehead atoms. The van der Waals surface area contributed by atoms with E-state index in [0.717, 1.165) is 28.3 Å². The van der Waals surface area contributed by atoms with Crippen molar-refractivity contribution in [3.63, 3.8) is 0 Å². The van der Waals surface area contributed by atoms with E-state index >= 15 is 0 Å². The Morgan fingerprint density at radius 3 is 2.30 bits per heavy atom. The Balaban J connectivity index is 2.21. The van der Waals surface area contributed by atoms with Gasteiger partial charge < -0.3 is 4.57 Å². The van der Waals surface area contributed by atoms with Crippen molar-refractivity contribution in [3.05, 3.63) is 54.2 Å². The minimum Gasteiger partial charge on any atom is -0.344 e. The highest BCUT2D eigenvalue weighted by atomic mass is 32.2. The lowest BCUT2D eigenvalue weighted by molar-refractivity contribution is 0.419. The average molecular weight is 382 g/mol. The molecule has 0 aliphatic heterocycles. The van der Waals surface area contributed by atoms with Gasteiger partial charge in [-0.25, -0.2) is 8.42 Å². The summed E-state index contributed by atoms with van der Waals surface area (Å²) in [5.41, 5.74) is 4.24. The smallest absolute Gasteiger partial charge is 0.229 e. The Bertz CT molecular complexity index is 1120. The molecule has 0 radical (unpaired) electrons. The SMILES string of the molecule is CC(C)[C@H](C)n1cc(-c2ccc(C#N)cc2)c2ccc(NS(C)(=O)=O)cc21. The molecule has 1 atom stereocenters. The first-order valence-corrected chi connectivity index (χ1v) is 10.7. The van der Waals surface area contributed by atoms with Crippen LogP contribution in [0.3, 0.4) is 0 Å². The molecule has 0 spiro atoms. The predicted molar refractivity (Wildman–Crippen MR) is 110 cm³/mol. The summed E-state index contributed by atoms with van der Waals surface area (Å²) in [7, 11) is -3.34. The van der Waals surface area contributed by atoms with Crippen LogP contribution < -0.4 is 4.72 Å². The Kier molecular flexibility index (Phi) is 4.99. The van der Waals surface area contributed by atoms with Gasteiger partial charge in [-0.05, 0) is 42.7 Å². The number of aromatic nitrogens is 1. The molecule has 3 rings (SSSR count). The van der Waals surface area contributed by atoms with Crippen LogP contribution in [0.25, 0.3) is 22.0 Å². The number of fused-ring (bicyclic) bond motifs is 1. The number of nitrogens with one attached hydrogen (secondary N) is 1. The first-order chi connectivity index (χ1) is 12.7. The molecule has 1 aromatic heterocycles. The number of benzene rings is 2. The van der Waals surface area contributed by atoms with E-state index in [0.29, 0.717) is 17.2 Å². The molecule has 0 amide bonds. The maximum atomic E-state index is 11.6. The number of anilines is 1. The van der Waals surface area contributed by atoms with Gasteiger partial charge in [-0.3, -0.25) is 4.72 Å². The molecule has 27 heavy (non-hydrogen) atoms. The van der Waals surface area contributed by atoms with Crippen LogP contribution in [0.1, 0.15) is 32.4 Å². The van der Waals surface area contributed by atoms with Crippen molar-refractivity contribution in [3.8, 4) is 17.2 Å². The van der Waals surface area contributed by atoms with Crippen LogP contribution in [0, 0.1) is 17.2 Å². The van der Waals surface area contributed by atoms with E-state index in [9.17, 15) is 8.42 Å². The van der Waals surface area contributed by atoms with Gasteiger partial charge in [0.1, 0.15) is 0 Å². The number of nitriles is 1. The van der Waals surface area contributed by atoms with Gasteiger partial charge in [0.15, 0.2) is 0 Å². The van der Waals surface area contributed by atoms with Gasteiger partial charge in [0.05, 0.1) is 29.1 Å². The fourth-order valence-corrected chi connectivity index (χ4v) is 3.70. The quantitative estimate of drug-likeness (QED) is 0.692. The molecule has 0 unspecified atom stereocenters. The summed E-state index contributed by atoms with van der Waals surface area (Å²) < 4.78 is 28.0. The maximum Gasteiger partial charge on any atom is 0.229 e. The predicted octanol–water partition coefficient (Wildman–Crippen LogP) is 4.77. The molecule has 0 aliphatic rings. The second kappa shape index (κ2) is 7.09. The molecule has 3 aromatic rings. The van der Waals surface area contributed by atoms with Crippen LogP contribution in [-0.2, 0) is 10.0 Å². The minimum atomic E-state index is -3.34. The van der Waals surface area contributed by atoms with Crippen molar-refractivity contribution >= 4 is 26.6 Å². The largest absolute Gasteiger partial charge is 0.344 e. The van der Waals surface area contributed by atoms with Crippen molar-refractivity contribution in [2.75, 3.05) is 11.0 Å². The number of rotatable bonds is 5. The summed E-state index contributed by atoms with van der Waals surface area (Å²) in [6.07, 6.45) is 3.26. The van der Waals surface area contributed by atoms with Gasteiger partial charge in [0.2, 0.25) is 10.0 Å². The fourth-order valence-electron chi connectivity index (χ4n) is 3.14. The van der Waals surface area contributed by atoms with E-state index in [-0.39, 0.29) is 6.04 Å². The van der Waals surface area contributed by atoms with Gasteiger partial charge in [-0.2, -0.15) is 5.26 Å². The van der Waals surface area contributed by atoms with Crippen LogP contribution in [-0.4, -0.2) is 19.2 Å². The third-order valence-electron chi connectivity index (χ3n) is 4.87. The minimum absolute atomic E-state index is 0.244. The maximum absolute atomic E-state index is 11.6. The Morgan fingerprint density at radius 2 is 1.74 bits per heavy atom. The van der Waals surface area contributed by atoms with E-state index in [1.165, 1.54) is 0 Å². The highest BCUT2D eigenvalue weighted by Gasteiger charge is 2.17. The van der Waals surface area contributed by atoms with Crippen LogP contribution in [0.2, 0.25) is 0 Å². The van der Waals surface area contributed by atoms with E-state index in [1.807, 2.05) is 36.4 Å². The highest BCUT2D eigenvalue weighted by molar-refractivity contribution is 7.92. The molecule has 0 aliphatic carbocycles. The zero-order valence-electron chi connectivity index (χ0n) is 15.9. The molecule has 5 nitrogen and oxygen atoms in total. The molecule has 0 saturated heterocycles. The highest BCUT2D eigenvalue weighted by Crippen LogP contribution is 2.35. The van der Waals surface area contributed by atoms with Crippen molar-refractivity contribution in [1.82, 2.24) is 4.57 Å². The number of nitrogens with zero attached hydrogens (tertiary/aromatic N) is 2. The summed E-state index contributed by atoms with van der Waals surface area (Å²) in [4.78, 5) is 0. The van der Waals surface area contributed by atoms with Crippen LogP contribution >= 0.6 is 0 Å². The molecule has 2 aromatic carbocycles. The molecular weight excluding hydrogens is 358 g/mol. The Hall–Kier alpha value is -2.78. The first-order valence-electron chi connectivity index (χ1n) is 8.82. The van der Waals surface area contributed by atoms with Gasteiger partial charge in [-0.15, -0.1) is 0 Å². The molecule has 0 saturated carbocycles. The molecule has 0 fully saturated rings. The van der Waals surface area contributed by atoms with Gasteiger partial charge in [0, 0.05) is 23.2 Å². The molecule has 6 heteroatoms. The third kappa shape index (κ3) is 3.99. The Morgan fingerprint density at radius 1 is 1.07 bits per heavy atom. The normalized spacial score (nSPS) is 12.9. The molecule has 1 N–H and O–H groups in total. The van der Waals surface area contributed by atoms with Gasteiger partial charge in [-0.1, -0.05) is 32.0 Å². The van der Waals surface area contributed by atoms with Gasteiger partial charge >= 0.3 is 0 Å². The van der Waals surface area contributed by atoms with E-state index < -0.39 is 10.0 Å². The summed E-state index contributed by atoms with van der Waals surface area (Å²) in [6, 6.07) is 15.5. The molecule has 1 heterocycles. The van der Waals surface area contributed by atoms with E-state index in [1.54, 1.807) is 6.07 Å². The zero-order valence-corrected chi connectivity index (χ0v) is 16.7. The lowest BCUT2D eigenvalue weighted by Gasteiger charge is -2.19. The lowest BCUT2D eigenvalue weighted by atomic mass is 10.0. The summed E-state index contributed by atoms with van der Waals surface area (Å²) >= 11 is 0. The summed E-state index contributed by atoms with van der Waals surface area (Å²) in [6.45, 7) is 6.48. The average Bonchev–Trinajstić information content (AvgIpc) is 2.98. The van der Waals surface area contributed by atoms with Crippen LogP contribution in [0.5, 0.6) is 0 Å². The molecule has 140 valence electrons. The van der Waals surface area contributed by atoms with E-state index in [2.05, 4.69) is 42.3 Å². The van der Waals surface area contributed by atoms with Crippen molar-refractivity contribution in [2.24, 2.45) is 5.92 Å². The Labute approximate surface area is 160 Å². The van der Waals surface area contributed by atoms with Crippen LogP contribution in [0.15, 0.2) is 48.7 Å². The molecular formula is C21H23N3O2S. The van der Waals surface area contributed by atoms with Crippen molar-refractivity contribution < 1.29 is 8.42 Å². The third-order valence-corrected chi connectivity index (χ3v) is 5.47. The van der Waals surface area contributed by atoms with Crippen molar-refractivity contribution in [1.29, 1.82) is 5.26 Å². The fraction of sp³-hybridized carbons (Fsp3) is 0.286. The number of hydrogen-bond acceptors (Lipinski definition) is 3. The zero-order chi connectivity index (χ0) is 19.8. The van der Waals surface area contributed by atoms with Crippen LogP contribution in [0.4, 0.5) is 5.69 Å². The van der Waals surface area contributed by atoms with E-state index in [4.69, 9.17) is 5.26 Å². The monoisotopic (exact) mass is 381 g/mol. The summed E-state index contributed by atoms with van der Waals surface area (Å²) in [5.74, 6) is 0.418. The second-order valence-electron chi connectivity index (χ2n) is 7.23.